The lowest BCUT2D eigenvalue weighted by Gasteiger charge is -2.21. The molecule has 1 unspecified atom stereocenters. The Balaban J connectivity index is 2.53. The number of aryl methyl sites for hydroxylation is 2. The van der Waals surface area contributed by atoms with E-state index in [2.05, 4.69) is 10.4 Å². The van der Waals surface area contributed by atoms with Crippen LogP contribution in [0.15, 0.2) is 24.4 Å². The minimum atomic E-state index is -0.224. The van der Waals surface area contributed by atoms with Crippen molar-refractivity contribution in [1.82, 2.24) is 15.1 Å². The average Bonchev–Trinajstić information content (AvgIpc) is 2.78. The summed E-state index contributed by atoms with van der Waals surface area (Å²) in [6, 6.07) is 4.76. The van der Waals surface area contributed by atoms with Crippen LogP contribution in [0.4, 0.5) is 4.39 Å². The number of rotatable bonds is 5. The maximum atomic E-state index is 13.3. The van der Waals surface area contributed by atoms with Crippen LogP contribution in [0.25, 0.3) is 0 Å². The molecule has 1 heterocycles. The monoisotopic (exact) mass is 277 g/mol. The number of ether oxygens (including phenoxy) is 1. The number of methoxy groups -OCH3 is 1. The number of nitrogens with zero attached hydrogens (tertiary/aromatic N) is 2. The van der Waals surface area contributed by atoms with Gasteiger partial charge in [-0.25, -0.2) is 4.39 Å². The van der Waals surface area contributed by atoms with E-state index in [1.807, 2.05) is 27.0 Å². The fraction of sp³-hybridized carbons (Fsp3) is 0.400. The minimum absolute atomic E-state index is 0.0805. The van der Waals surface area contributed by atoms with Crippen molar-refractivity contribution >= 4 is 0 Å². The third-order valence-electron chi connectivity index (χ3n) is 3.39. The molecule has 1 atom stereocenters. The Morgan fingerprint density at radius 3 is 2.80 bits per heavy atom. The Bertz CT molecular complexity index is 595. The molecule has 0 aliphatic heterocycles. The first-order valence-corrected chi connectivity index (χ1v) is 6.63. The number of aromatic nitrogens is 2. The number of nitrogens with one attached hydrogen (secondary N) is 1. The van der Waals surface area contributed by atoms with Crippen molar-refractivity contribution in [3.63, 3.8) is 0 Å². The van der Waals surface area contributed by atoms with Gasteiger partial charge in [-0.1, -0.05) is 13.0 Å². The third-order valence-corrected chi connectivity index (χ3v) is 3.39. The first-order chi connectivity index (χ1) is 9.58. The van der Waals surface area contributed by atoms with Crippen molar-refractivity contribution in [2.45, 2.75) is 19.9 Å². The maximum absolute atomic E-state index is 13.3. The summed E-state index contributed by atoms with van der Waals surface area (Å²) in [6.45, 7) is 4.73. The molecule has 0 fully saturated rings. The van der Waals surface area contributed by atoms with Gasteiger partial charge in [-0.15, -0.1) is 0 Å². The summed E-state index contributed by atoms with van der Waals surface area (Å²) in [5.41, 5.74) is 2.86. The first-order valence-electron chi connectivity index (χ1n) is 6.63. The molecule has 108 valence electrons. The van der Waals surface area contributed by atoms with Crippen molar-refractivity contribution in [1.29, 1.82) is 0 Å². The second kappa shape index (κ2) is 6.05. The lowest BCUT2D eigenvalue weighted by molar-refractivity contribution is 0.401. The quantitative estimate of drug-likeness (QED) is 0.913. The summed E-state index contributed by atoms with van der Waals surface area (Å²) >= 11 is 0. The van der Waals surface area contributed by atoms with Crippen LogP contribution >= 0.6 is 0 Å². The van der Waals surface area contributed by atoms with Crippen LogP contribution in [0.2, 0.25) is 0 Å². The van der Waals surface area contributed by atoms with Gasteiger partial charge >= 0.3 is 0 Å². The molecule has 1 N–H and O–H groups in total. The van der Waals surface area contributed by atoms with Crippen molar-refractivity contribution in [2.24, 2.45) is 7.05 Å². The molecule has 0 radical (unpaired) electrons. The van der Waals surface area contributed by atoms with Crippen LogP contribution in [0, 0.1) is 12.7 Å². The Morgan fingerprint density at radius 2 is 2.20 bits per heavy atom. The highest BCUT2D eigenvalue weighted by Gasteiger charge is 2.23. The zero-order valence-corrected chi connectivity index (χ0v) is 12.3. The van der Waals surface area contributed by atoms with E-state index in [1.165, 1.54) is 6.07 Å². The average molecular weight is 277 g/mol. The van der Waals surface area contributed by atoms with Gasteiger partial charge in [0.25, 0.3) is 0 Å². The van der Waals surface area contributed by atoms with Crippen molar-refractivity contribution in [3.05, 3.63) is 47.0 Å². The highest BCUT2D eigenvalue weighted by Crippen LogP contribution is 2.31. The van der Waals surface area contributed by atoms with E-state index >= 15 is 0 Å². The lowest BCUT2D eigenvalue weighted by atomic mass is 9.98. The molecule has 0 aliphatic carbocycles. The van der Waals surface area contributed by atoms with E-state index in [4.69, 9.17) is 4.74 Å². The van der Waals surface area contributed by atoms with E-state index in [1.54, 1.807) is 24.1 Å². The molecule has 20 heavy (non-hydrogen) atoms. The lowest BCUT2D eigenvalue weighted by Crippen LogP contribution is -2.25. The van der Waals surface area contributed by atoms with Crippen LogP contribution < -0.4 is 10.1 Å². The van der Waals surface area contributed by atoms with Crippen LogP contribution in [-0.2, 0) is 7.05 Å². The van der Waals surface area contributed by atoms with Gasteiger partial charge in [0.05, 0.1) is 19.3 Å². The summed E-state index contributed by atoms with van der Waals surface area (Å²) in [5, 5.41) is 7.65. The van der Waals surface area contributed by atoms with Gasteiger partial charge in [0.1, 0.15) is 11.5 Å². The van der Waals surface area contributed by atoms with Crippen LogP contribution in [0.3, 0.4) is 0 Å². The van der Waals surface area contributed by atoms with Crippen molar-refractivity contribution < 1.29 is 9.13 Å². The highest BCUT2D eigenvalue weighted by atomic mass is 19.1. The van der Waals surface area contributed by atoms with Crippen molar-refractivity contribution in [3.8, 4) is 5.75 Å². The Kier molecular flexibility index (Phi) is 4.39. The van der Waals surface area contributed by atoms with Gasteiger partial charge in [-0.2, -0.15) is 5.10 Å². The number of halogens is 1. The SMILES string of the molecule is CCNC(c1ccc(F)cc1C)c1c(OC)cnn1C. The molecule has 4 nitrogen and oxygen atoms in total. The molecule has 5 heteroatoms. The summed E-state index contributed by atoms with van der Waals surface area (Å²) in [5.74, 6) is 0.501. The van der Waals surface area contributed by atoms with E-state index in [-0.39, 0.29) is 11.9 Å². The second-order valence-electron chi connectivity index (χ2n) is 4.71. The van der Waals surface area contributed by atoms with Gasteiger partial charge in [-0.3, -0.25) is 4.68 Å². The number of hydrogen-bond acceptors (Lipinski definition) is 3. The molecule has 0 amide bonds. The smallest absolute Gasteiger partial charge is 0.161 e. The van der Waals surface area contributed by atoms with Crippen LogP contribution in [0.1, 0.15) is 29.8 Å². The van der Waals surface area contributed by atoms with E-state index in [0.29, 0.717) is 0 Å². The Labute approximate surface area is 118 Å². The molecule has 2 rings (SSSR count). The number of hydrogen-bond donors (Lipinski definition) is 1. The summed E-state index contributed by atoms with van der Waals surface area (Å²) in [6.07, 6.45) is 1.69. The van der Waals surface area contributed by atoms with Gasteiger partial charge in [0.2, 0.25) is 0 Å². The molecule has 2 aromatic rings. The molecule has 0 saturated carbocycles. The molecular formula is C15H20FN3O. The zero-order chi connectivity index (χ0) is 14.7. The molecule has 1 aromatic heterocycles. The minimum Gasteiger partial charge on any atom is -0.493 e. The van der Waals surface area contributed by atoms with Gasteiger partial charge in [0.15, 0.2) is 5.75 Å². The maximum Gasteiger partial charge on any atom is 0.161 e. The van der Waals surface area contributed by atoms with Gasteiger partial charge in [0, 0.05) is 7.05 Å². The normalized spacial score (nSPS) is 12.4. The third kappa shape index (κ3) is 2.67. The van der Waals surface area contributed by atoms with Crippen LogP contribution in [-0.4, -0.2) is 23.4 Å². The fourth-order valence-corrected chi connectivity index (χ4v) is 2.43. The molecule has 0 spiro atoms. The number of benzene rings is 1. The molecular weight excluding hydrogens is 257 g/mol. The van der Waals surface area contributed by atoms with E-state index < -0.39 is 0 Å². The summed E-state index contributed by atoms with van der Waals surface area (Å²) < 4.78 is 20.5. The molecule has 0 saturated heterocycles. The zero-order valence-electron chi connectivity index (χ0n) is 12.3. The molecule has 0 aliphatic rings. The van der Waals surface area contributed by atoms with Gasteiger partial charge < -0.3 is 10.1 Å². The standard InChI is InChI=1S/C15H20FN3O/c1-5-17-14(12-7-6-11(16)8-10(12)2)15-13(20-4)9-18-19(15)3/h6-9,14,17H,5H2,1-4H3. The predicted octanol–water partition coefficient (Wildman–Crippen LogP) is 2.58. The predicted molar refractivity (Wildman–Crippen MR) is 76.4 cm³/mol. The van der Waals surface area contributed by atoms with E-state index in [9.17, 15) is 4.39 Å². The summed E-state index contributed by atoms with van der Waals surface area (Å²) in [4.78, 5) is 0. The second-order valence-corrected chi connectivity index (χ2v) is 4.71. The Hall–Kier alpha value is -1.88. The van der Waals surface area contributed by atoms with E-state index in [0.717, 1.165) is 29.1 Å². The highest BCUT2D eigenvalue weighted by molar-refractivity contribution is 5.40. The Morgan fingerprint density at radius 1 is 1.45 bits per heavy atom. The molecule has 0 bridgehead atoms. The van der Waals surface area contributed by atoms with Crippen LogP contribution in [0.5, 0.6) is 5.75 Å². The topological polar surface area (TPSA) is 39.1 Å². The van der Waals surface area contributed by atoms with Gasteiger partial charge in [-0.05, 0) is 36.7 Å². The largest absolute Gasteiger partial charge is 0.493 e. The fourth-order valence-electron chi connectivity index (χ4n) is 2.43. The first kappa shape index (κ1) is 14.5. The van der Waals surface area contributed by atoms with Crippen molar-refractivity contribution in [2.75, 3.05) is 13.7 Å². The summed E-state index contributed by atoms with van der Waals surface area (Å²) in [7, 11) is 3.50. The molecule has 1 aromatic carbocycles.